The van der Waals surface area contributed by atoms with Crippen LogP contribution >= 0.6 is 11.6 Å². The number of rotatable bonds is 2. The van der Waals surface area contributed by atoms with Crippen LogP contribution in [-0.2, 0) is 6.18 Å². The zero-order valence-electron chi connectivity index (χ0n) is 11.4. The fourth-order valence-corrected chi connectivity index (χ4v) is 2.48. The summed E-state index contributed by atoms with van der Waals surface area (Å²) in [5.74, 6) is 0. The van der Waals surface area contributed by atoms with Gasteiger partial charge in [-0.15, -0.1) is 0 Å². The fourth-order valence-electron chi connectivity index (χ4n) is 2.25. The number of aromatic nitrogens is 2. The Morgan fingerprint density at radius 2 is 1.74 bits per heavy atom. The highest BCUT2D eigenvalue weighted by atomic mass is 35.5. The van der Waals surface area contributed by atoms with E-state index in [0.717, 1.165) is 6.07 Å². The molecule has 7 heteroatoms. The van der Waals surface area contributed by atoms with Gasteiger partial charge in [0.05, 0.1) is 16.1 Å². The van der Waals surface area contributed by atoms with Gasteiger partial charge < -0.3 is 0 Å². The summed E-state index contributed by atoms with van der Waals surface area (Å²) in [5, 5.41) is 0.272. The second kappa shape index (κ2) is 5.62. The van der Waals surface area contributed by atoms with Crippen LogP contribution in [0.2, 0.25) is 5.02 Å². The Morgan fingerprint density at radius 1 is 1.00 bits per heavy atom. The zero-order valence-corrected chi connectivity index (χ0v) is 12.2. The molecule has 23 heavy (non-hydrogen) atoms. The van der Waals surface area contributed by atoms with Crippen LogP contribution in [0, 0.1) is 0 Å². The molecule has 0 fully saturated rings. The van der Waals surface area contributed by atoms with Crippen LogP contribution in [0.4, 0.5) is 13.2 Å². The third kappa shape index (κ3) is 2.77. The highest BCUT2D eigenvalue weighted by molar-refractivity contribution is 6.33. The molecule has 3 nitrogen and oxygen atoms in total. The number of para-hydroxylation sites is 1. The molecule has 3 aromatic rings. The average molecular weight is 337 g/mol. The van der Waals surface area contributed by atoms with Crippen LogP contribution in [0.5, 0.6) is 0 Å². The van der Waals surface area contributed by atoms with Gasteiger partial charge in [0.15, 0.2) is 6.29 Å². The Hall–Kier alpha value is -2.47. The maximum Gasteiger partial charge on any atom is 0.418 e. The van der Waals surface area contributed by atoms with Crippen molar-refractivity contribution in [2.24, 2.45) is 0 Å². The number of aldehydes is 1. The van der Waals surface area contributed by atoms with E-state index < -0.39 is 11.7 Å². The number of benzene rings is 2. The standard InChI is InChI=1S/C16H8ClF3N2O/c17-11-6-2-1-4-9(11)14-13(8-23)21-12-7-3-5-10(15(12)22-14)16(18,19)20/h1-8H. The summed E-state index contributed by atoms with van der Waals surface area (Å²) < 4.78 is 39.5. The first-order valence-electron chi connectivity index (χ1n) is 6.50. The first kappa shape index (κ1) is 15.4. The summed E-state index contributed by atoms with van der Waals surface area (Å²) in [6.07, 6.45) is -4.12. The van der Waals surface area contributed by atoms with Crippen molar-refractivity contribution in [1.29, 1.82) is 0 Å². The van der Waals surface area contributed by atoms with Crippen molar-refractivity contribution in [3.8, 4) is 11.3 Å². The molecule has 0 radical (unpaired) electrons. The number of carbonyl (C=O) groups excluding carboxylic acids is 1. The van der Waals surface area contributed by atoms with Gasteiger partial charge in [-0.3, -0.25) is 4.79 Å². The van der Waals surface area contributed by atoms with E-state index in [-0.39, 0.29) is 27.4 Å². The smallest absolute Gasteiger partial charge is 0.296 e. The number of carbonyl (C=O) groups is 1. The third-order valence-corrected chi connectivity index (χ3v) is 3.60. The van der Waals surface area contributed by atoms with Gasteiger partial charge in [0.25, 0.3) is 0 Å². The molecular formula is C16H8ClF3N2O. The van der Waals surface area contributed by atoms with E-state index in [9.17, 15) is 18.0 Å². The third-order valence-electron chi connectivity index (χ3n) is 3.27. The minimum Gasteiger partial charge on any atom is -0.296 e. The maximum absolute atomic E-state index is 13.2. The summed E-state index contributed by atoms with van der Waals surface area (Å²) in [7, 11) is 0. The van der Waals surface area contributed by atoms with Crippen LogP contribution in [0.25, 0.3) is 22.3 Å². The van der Waals surface area contributed by atoms with Gasteiger partial charge in [-0.2, -0.15) is 13.2 Å². The Kier molecular flexibility index (Phi) is 3.77. The van der Waals surface area contributed by atoms with Crippen molar-refractivity contribution in [2.75, 3.05) is 0 Å². The van der Waals surface area contributed by atoms with Crippen LogP contribution in [-0.4, -0.2) is 16.3 Å². The van der Waals surface area contributed by atoms with Gasteiger partial charge >= 0.3 is 6.18 Å². The highest BCUT2D eigenvalue weighted by Crippen LogP contribution is 2.35. The average Bonchev–Trinajstić information content (AvgIpc) is 2.52. The molecule has 1 aromatic heterocycles. The number of halogens is 4. The zero-order chi connectivity index (χ0) is 16.6. The van der Waals surface area contributed by atoms with E-state index in [1.807, 2.05) is 0 Å². The predicted octanol–water partition coefficient (Wildman–Crippen LogP) is 4.78. The fraction of sp³-hybridized carbons (Fsp3) is 0.0625. The molecule has 1 heterocycles. The van der Waals surface area contributed by atoms with Gasteiger partial charge in [0.2, 0.25) is 0 Å². The second-order valence-electron chi connectivity index (χ2n) is 4.73. The van der Waals surface area contributed by atoms with Crippen molar-refractivity contribution in [1.82, 2.24) is 9.97 Å². The molecule has 0 amide bonds. The Labute approximate surface area is 133 Å². The SMILES string of the molecule is O=Cc1nc2cccc(C(F)(F)F)c2nc1-c1ccccc1Cl. The van der Waals surface area contributed by atoms with Crippen molar-refractivity contribution >= 4 is 28.9 Å². The monoisotopic (exact) mass is 336 g/mol. The molecule has 0 saturated carbocycles. The van der Waals surface area contributed by atoms with Crippen LogP contribution in [0.1, 0.15) is 16.1 Å². The molecule has 0 unspecified atom stereocenters. The molecule has 0 N–H and O–H groups in total. The maximum atomic E-state index is 13.2. The first-order valence-corrected chi connectivity index (χ1v) is 6.87. The van der Waals surface area contributed by atoms with E-state index in [2.05, 4.69) is 9.97 Å². The molecule has 0 spiro atoms. The van der Waals surface area contributed by atoms with Crippen LogP contribution in [0.3, 0.4) is 0 Å². The van der Waals surface area contributed by atoms with Crippen molar-refractivity contribution < 1.29 is 18.0 Å². The second-order valence-corrected chi connectivity index (χ2v) is 5.13. The molecule has 0 aliphatic carbocycles. The van der Waals surface area contributed by atoms with Gasteiger partial charge in [0.1, 0.15) is 16.9 Å². The minimum absolute atomic E-state index is 0.00210. The summed E-state index contributed by atoms with van der Waals surface area (Å²) >= 11 is 6.06. The molecule has 3 rings (SSSR count). The van der Waals surface area contributed by atoms with Gasteiger partial charge in [-0.25, -0.2) is 9.97 Å². The molecule has 0 aliphatic rings. The lowest BCUT2D eigenvalue weighted by molar-refractivity contribution is -0.136. The number of nitrogens with zero attached hydrogens (tertiary/aromatic N) is 2. The Bertz CT molecular complexity index is 909. The van der Waals surface area contributed by atoms with Crippen molar-refractivity contribution in [3.05, 3.63) is 58.7 Å². The summed E-state index contributed by atoms with van der Waals surface area (Å²) in [6.45, 7) is 0. The first-order chi connectivity index (χ1) is 10.9. The number of fused-ring (bicyclic) bond motifs is 1. The van der Waals surface area contributed by atoms with Gasteiger partial charge in [-0.05, 0) is 18.2 Å². The number of hydrogen-bond donors (Lipinski definition) is 0. The number of hydrogen-bond acceptors (Lipinski definition) is 3. The largest absolute Gasteiger partial charge is 0.418 e. The van der Waals surface area contributed by atoms with E-state index >= 15 is 0 Å². The van der Waals surface area contributed by atoms with Gasteiger partial charge in [0, 0.05) is 5.56 Å². The summed E-state index contributed by atoms with van der Waals surface area (Å²) in [6, 6.07) is 9.98. The highest BCUT2D eigenvalue weighted by Gasteiger charge is 2.33. The quantitative estimate of drug-likeness (QED) is 0.632. The Morgan fingerprint density at radius 3 is 2.39 bits per heavy atom. The van der Waals surface area contributed by atoms with Gasteiger partial charge in [-0.1, -0.05) is 35.9 Å². The van der Waals surface area contributed by atoms with Crippen molar-refractivity contribution in [3.63, 3.8) is 0 Å². The predicted molar refractivity (Wildman–Crippen MR) is 80.4 cm³/mol. The minimum atomic E-state index is -4.57. The lowest BCUT2D eigenvalue weighted by Gasteiger charge is -2.12. The molecule has 0 aliphatic heterocycles. The lowest BCUT2D eigenvalue weighted by Crippen LogP contribution is -2.08. The van der Waals surface area contributed by atoms with E-state index in [4.69, 9.17) is 11.6 Å². The van der Waals surface area contributed by atoms with E-state index in [1.165, 1.54) is 12.1 Å². The molecule has 0 saturated heterocycles. The molecule has 116 valence electrons. The molecular weight excluding hydrogens is 329 g/mol. The Balaban J connectivity index is 2.38. The molecule has 0 atom stereocenters. The normalized spacial score (nSPS) is 11.7. The van der Waals surface area contributed by atoms with E-state index in [1.54, 1.807) is 24.3 Å². The van der Waals surface area contributed by atoms with Crippen LogP contribution < -0.4 is 0 Å². The molecule has 2 aromatic carbocycles. The molecule has 0 bridgehead atoms. The van der Waals surface area contributed by atoms with Crippen molar-refractivity contribution in [2.45, 2.75) is 6.18 Å². The van der Waals surface area contributed by atoms with Crippen LogP contribution in [0.15, 0.2) is 42.5 Å². The summed E-state index contributed by atoms with van der Waals surface area (Å²) in [4.78, 5) is 19.3. The number of alkyl halides is 3. The topological polar surface area (TPSA) is 42.9 Å². The lowest BCUT2D eigenvalue weighted by atomic mass is 10.1. The van der Waals surface area contributed by atoms with E-state index in [0.29, 0.717) is 11.8 Å². The summed E-state index contributed by atoms with van der Waals surface area (Å²) in [5.41, 5.74) is -0.922.